The number of aromatic nitrogens is 5. The van der Waals surface area contributed by atoms with Gasteiger partial charge in [0.25, 0.3) is 0 Å². The van der Waals surface area contributed by atoms with Crippen LogP contribution in [-0.2, 0) is 16.0 Å². The standard InChI is InChI=1S/C21H20N6O3/c1-14-24-19(30-25-14)10-20(28)26-8-9-29-18(12-26)21-17-3-2-16(11-27(17)13-23-21)15-4-6-22-7-5-15/h2-7,11,13,18H,8-10,12H2,1H3/t18-/m1/s1. The number of carbonyl (C=O) groups is 1. The molecule has 9 heteroatoms. The molecule has 1 fully saturated rings. The van der Waals surface area contributed by atoms with Crippen LogP contribution >= 0.6 is 0 Å². The van der Waals surface area contributed by atoms with Crippen molar-refractivity contribution in [2.75, 3.05) is 19.7 Å². The highest BCUT2D eigenvalue weighted by atomic mass is 16.5. The maximum absolute atomic E-state index is 12.7. The van der Waals surface area contributed by atoms with Crippen LogP contribution in [0.1, 0.15) is 23.5 Å². The quantitative estimate of drug-likeness (QED) is 0.514. The molecule has 9 nitrogen and oxygen atoms in total. The van der Waals surface area contributed by atoms with Crippen LogP contribution in [-0.4, -0.2) is 55.0 Å². The molecule has 0 aliphatic carbocycles. The fourth-order valence-electron chi connectivity index (χ4n) is 3.68. The second-order valence-corrected chi connectivity index (χ2v) is 7.19. The summed E-state index contributed by atoms with van der Waals surface area (Å²) in [4.78, 5) is 27.2. The molecule has 0 saturated carbocycles. The Balaban J connectivity index is 1.35. The van der Waals surface area contributed by atoms with E-state index < -0.39 is 0 Å². The zero-order valence-corrected chi connectivity index (χ0v) is 16.4. The van der Waals surface area contributed by atoms with Gasteiger partial charge in [-0.25, -0.2) is 4.98 Å². The number of pyridine rings is 2. The number of carbonyl (C=O) groups excluding carboxylic acids is 1. The fraction of sp³-hybridized carbons (Fsp3) is 0.286. The molecular formula is C21H20N6O3. The van der Waals surface area contributed by atoms with Crippen LogP contribution in [0.2, 0.25) is 0 Å². The molecule has 30 heavy (non-hydrogen) atoms. The first kappa shape index (κ1) is 18.4. The third kappa shape index (κ3) is 3.55. The molecule has 5 rings (SSSR count). The van der Waals surface area contributed by atoms with Crippen LogP contribution in [0.5, 0.6) is 0 Å². The number of morpholine rings is 1. The number of nitrogens with zero attached hydrogens (tertiary/aromatic N) is 6. The lowest BCUT2D eigenvalue weighted by Gasteiger charge is -2.32. The monoisotopic (exact) mass is 404 g/mol. The first-order valence-electron chi connectivity index (χ1n) is 9.73. The fourth-order valence-corrected chi connectivity index (χ4v) is 3.68. The van der Waals surface area contributed by atoms with Crippen LogP contribution in [0.3, 0.4) is 0 Å². The number of fused-ring (bicyclic) bond motifs is 1. The van der Waals surface area contributed by atoms with Crippen LogP contribution in [0.25, 0.3) is 16.6 Å². The second kappa shape index (κ2) is 7.68. The van der Waals surface area contributed by atoms with Crippen molar-refractivity contribution in [2.45, 2.75) is 19.4 Å². The minimum atomic E-state index is -0.288. The maximum Gasteiger partial charge on any atom is 0.236 e. The van der Waals surface area contributed by atoms with Gasteiger partial charge < -0.3 is 18.6 Å². The van der Waals surface area contributed by atoms with Crippen molar-refractivity contribution >= 4 is 11.4 Å². The molecule has 1 atom stereocenters. The molecule has 0 N–H and O–H groups in total. The number of aryl methyl sites for hydroxylation is 1. The van der Waals surface area contributed by atoms with Crippen LogP contribution in [0, 0.1) is 6.92 Å². The molecule has 0 aromatic carbocycles. The molecule has 4 aromatic rings. The van der Waals surface area contributed by atoms with Gasteiger partial charge in [0, 0.05) is 25.1 Å². The highest BCUT2D eigenvalue weighted by Gasteiger charge is 2.29. The van der Waals surface area contributed by atoms with E-state index in [-0.39, 0.29) is 18.4 Å². The summed E-state index contributed by atoms with van der Waals surface area (Å²) in [5, 5.41) is 3.74. The van der Waals surface area contributed by atoms with Gasteiger partial charge in [-0.05, 0) is 36.2 Å². The van der Waals surface area contributed by atoms with Gasteiger partial charge in [-0.3, -0.25) is 9.78 Å². The van der Waals surface area contributed by atoms with E-state index in [4.69, 9.17) is 9.26 Å². The SMILES string of the molecule is Cc1noc(CC(=O)N2CCO[C@@H](c3ncn4cc(-c5ccncc5)ccc34)C2)n1. The number of rotatable bonds is 4. The van der Waals surface area contributed by atoms with Gasteiger partial charge >= 0.3 is 0 Å². The molecule has 0 radical (unpaired) electrons. The third-order valence-corrected chi connectivity index (χ3v) is 5.17. The van der Waals surface area contributed by atoms with Crippen molar-refractivity contribution in [3.05, 3.63) is 66.6 Å². The molecule has 5 heterocycles. The summed E-state index contributed by atoms with van der Waals surface area (Å²) in [5.74, 6) is 0.792. The Morgan fingerprint density at radius 3 is 2.87 bits per heavy atom. The average Bonchev–Trinajstić information content (AvgIpc) is 3.39. The first-order chi connectivity index (χ1) is 14.7. The minimum Gasteiger partial charge on any atom is -0.368 e. The Kier molecular flexibility index (Phi) is 4.72. The van der Waals surface area contributed by atoms with E-state index in [0.29, 0.717) is 31.4 Å². The Labute approximate surface area is 172 Å². The Hall–Kier alpha value is -3.59. The lowest BCUT2D eigenvalue weighted by molar-refractivity contribution is -0.138. The van der Waals surface area contributed by atoms with Crippen molar-refractivity contribution in [1.82, 2.24) is 29.4 Å². The van der Waals surface area contributed by atoms with Gasteiger partial charge in [-0.15, -0.1) is 0 Å². The Morgan fingerprint density at radius 2 is 2.07 bits per heavy atom. The molecule has 1 amide bonds. The van der Waals surface area contributed by atoms with Gasteiger partial charge in [0.05, 0.1) is 30.7 Å². The van der Waals surface area contributed by atoms with E-state index in [1.807, 2.05) is 28.8 Å². The summed E-state index contributed by atoms with van der Waals surface area (Å²) >= 11 is 0. The number of imidazole rings is 1. The number of hydrogen-bond donors (Lipinski definition) is 0. The topological polar surface area (TPSA) is 98.7 Å². The van der Waals surface area contributed by atoms with Crippen LogP contribution in [0.4, 0.5) is 0 Å². The zero-order valence-electron chi connectivity index (χ0n) is 16.4. The number of hydrogen-bond acceptors (Lipinski definition) is 7. The van der Waals surface area contributed by atoms with Gasteiger partial charge in [0.15, 0.2) is 5.82 Å². The molecule has 0 unspecified atom stereocenters. The highest BCUT2D eigenvalue weighted by Crippen LogP contribution is 2.27. The van der Waals surface area contributed by atoms with Crippen molar-refractivity contribution in [3.63, 3.8) is 0 Å². The first-order valence-corrected chi connectivity index (χ1v) is 9.73. The summed E-state index contributed by atoms with van der Waals surface area (Å²) in [7, 11) is 0. The Morgan fingerprint density at radius 1 is 1.20 bits per heavy atom. The summed E-state index contributed by atoms with van der Waals surface area (Å²) in [6, 6.07) is 8.03. The predicted molar refractivity (Wildman–Crippen MR) is 106 cm³/mol. The third-order valence-electron chi connectivity index (χ3n) is 5.17. The van der Waals surface area contributed by atoms with Gasteiger partial charge in [0.1, 0.15) is 12.5 Å². The number of ether oxygens (including phenoxy) is 1. The average molecular weight is 404 g/mol. The van der Waals surface area contributed by atoms with E-state index in [9.17, 15) is 4.79 Å². The molecule has 1 saturated heterocycles. The van der Waals surface area contributed by atoms with E-state index >= 15 is 0 Å². The molecule has 4 aromatic heterocycles. The van der Waals surface area contributed by atoms with Gasteiger partial charge in [-0.2, -0.15) is 4.98 Å². The molecule has 0 spiro atoms. The van der Waals surface area contributed by atoms with Crippen LogP contribution < -0.4 is 0 Å². The maximum atomic E-state index is 12.7. The van der Waals surface area contributed by atoms with Crippen molar-refractivity contribution in [1.29, 1.82) is 0 Å². The van der Waals surface area contributed by atoms with Gasteiger partial charge in [0.2, 0.25) is 11.8 Å². The molecular weight excluding hydrogens is 384 g/mol. The highest BCUT2D eigenvalue weighted by molar-refractivity contribution is 5.78. The van der Waals surface area contributed by atoms with Crippen molar-refractivity contribution in [2.24, 2.45) is 0 Å². The van der Waals surface area contributed by atoms with E-state index in [0.717, 1.165) is 22.3 Å². The lowest BCUT2D eigenvalue weighted by Crippen LogP contribution is -2.43. The molecule has 152 valence electrons. The van der Waals surface area contributed by atoms with Crippen molar-refractivity contribution < 1.29 is 14.1 Å². The van der Waals surface area contributed by atoms with Gasteiger partial charge in [-0.1, -0.05) is 11.2 Å². The van der Waals surface area contributed by atoms with E-state index in [1.165, 1.54) is 0 Å². The minimum absolute atomic E-state index is 0.0598. The number of amides is 1. The summed E-state index contributed by atoms with van der Waals surface area (Å²) < 4.78 is 13.0. The summed E-state index contributed by atoms with van der Waals surface area (Å²) in [6.45, 7) is 3.14. The molecule has 1 aliphatic rings. The predicted octanol–water partition coefficient (Wildman–Crippen LogP) is 2.23. The van der Waals surface area contributed by atoms with Crippen LogP contribution in [0.15, 0.2) is 53.7 Å². The Bertz CT molecular complexity index is 1190. The second-order valence-electron chi connectivity index (χ2n) is 7.19. The largest absolute Gasteiger partial charge is 0.368 e. The van der Waals surface area contributed by atoms with E-state index in [2.05, 4.69) is 26.2 Å². The van der Waals surface area contributed by atoms with E-state index in [1.54, 1.807) is 30.5 Å². The summed E-state index contributed by atoms with van der Waals surface area (Å²) in [5.41, 5.74) is 3.94. The zero-order chi connectivity index (χ0) is 20.5. The lowest BCUT2D eigenvalue weighted by atomic mass is 10.1. The summed E-state index contributed by atoms with van der Waals surface area (Å²) in [6.07, 6.45) is 7.16. The molecule has 0 bridgehead atoms. The normalized spacial score (nSPS) is 16.8. The van der Waals surface area contributed by atoms with Crippen molar-refractivity contribution in [3.8, 4) is 11.1 Å². The smallest absolute Gasteiger partial charge is 0.236 e. The molecule has 1 aliphatic heterocycles.